The van der Waals surface area contributed by atoms with Crippen molar-refractivity contribution in [3.05, 3.63) is 27.2 Å². The van der Waals surface area contributed by atoms with Crippen molar-refractivity contribution < 1.29 is 14.3 Å². The van der Waals surface area contributed by atoms with Crippen LogP contribution in [0.3, 0.4) is 0 Å². The lowest BCUT2D eigenvalue weighted by atomic mass is 9.90. The van der Waals surface area contributed by atoms with Gasteiger partial charge in [-0.2, -0.15) is 0 Å². The molecule has 3 N–H and O–H groups in total. The number of hydrogen-bond donors (Lipinski definition) is 2. The van der Waals surface area contributed by atoms with Gasteiger partial charge >= 0.3 is 0 Å². The number of benzene rings is 1. The summed E-state index contributed by atoms with van der Waals surface area (Å²) < 4.78 is 10.7. The third-order valence-corrected chi connectivity index (χ3v) is 4.21. The molecule has 9 heteroatoms. The van der Waals surface area contributed by atoms with Crippen molar-refractivity contribution in [2.24, 2.45) is 5.73 Å². The van der Waals surface area contributed by atoms with Gasteiger partial charge < -0.3 is 20.5 Å². The Kier molecular flexibility index (Phi) is 8.21. The maximum absolute atomic E-state index is 12.1. The summed E-state index contributed by atoms with van der Waals surface area (Å²) in [7, 11) is 0. The molecule has 0 aromatic heterocycles. The molecule has 1 saturated heterocycles. The number of ether oxygens (including phenoxy) is 2. The van der Waals surface area contributed by atoms with E-state index in [9.17, 15) is 4.79 Å². The van der Waals surface area contributed by atoms with Gasteiger partial charge in [0.05, 0.1) is 22.1 Å². The highest BCUT2D eigenvalue weighted by Crippen LogP contribution is 2.35. The van der Waals surface area contributed by atoms with Gasteiger partial charge in [-0.3, -0.25) is 4.79 Å². The van der Waals surface area contributed by atoms with E-state index in [0.717, 1.165) is 0 Å². The predicted molar refractivity (Wildman–Crippen MR) is 94.2 cm³/mol. The zero-order chi connectivity index (χ0) is 16.2. The lowest BCUT2D eigenvalue weighted by molar-refractivity contribution is -0.129. The van der Waals surface area contributed by atoms with Crippen LogP contribution in [0.2, 0.25) is 15.1 Å². The van der Waals surface area contributed by atoms with Crippen molar-refractivity contribution in [2.75, 3.05) is 26.4 Å². The van der Waals surface area contributed by atoms with E-state index in [2.05, 4.69) is 5.32 Å². The summed E-state index contributed by atoms with van der Waals surface area (Å²) in [5.41, 5.74) is 5.20. The SMILES string of the molecule is Cl.NC1(C(=O)NCCOc2c(Cl)cc(Cl)cc2Cl)CCOCC1. The number of nitrogens with one attached hydrogen (secondary N) is 1. The first-order chi connectivity index (χ1) is 10.4. The summed E-state index contributed by atoms with van der Waals surface area (Å²) in [6.45, 7) is 1.51. The Morgan fingerprint density at radius 3 is 2.39 bits per heavy atom. The Hall–Kier alpha value is -0.430. The fraction of sp³-hybridized carbons (Fsp3) is 0.500. The van der Waals surface area contributed by atoms with E-state index in [0.29, 0.717) is 53.4 Å². The highest BCUT2D eigenvalue weighted by atomic mass is 35.5. The number of rotatable bonds is 5. The van der Waals surface area contributed by atoms with Gasteiger partial charge in [0.2, 0.25) is 5.91 Å². The van der Waals surface area contributed by atoms with E-state index in [1.54, 1.807) is 12.1 Å². The van der Waals surface area contributed by atoms with Gasteiger partial charge in [-0.05, 0) is 25.0 Å². The van der Waals surface area contributed by atoms with Crippen LogP contribution in [0.4, 0.5) is 0 Å². The highest BCUT2D eigenvalue weighted by Gasteiger charge is 2.35. The number of nitrogens with two attached hydrogens (primary N) is 1. The molecule has 130 valence electrons. The van der Waals surface area contributed by atoms with Crippen molar-refractivity contribution in [3.63, 3.8) is 0 Å². The Morgan fingerprint density at radius 2 is 1.83 bits per heavy atom. The molecule has 1 aromatic carbocycles. The summed E-state index contributed by atoms with van der Waals surface area (Å²) in [5.74, 6) is 0.142. The van der Waals surface area contributed by atoms with Crippen molar-refractivity contribution >= 4 is 53.1 Å². The second-order valence-electron chi connectivity index (χ2n) is 5.07. The van der Waals surface area contributed by atoms with Crippen LogP contribution in [0.15, 0.2) is 12.1 Å². The zero-order valence-corrected chi connectivity index (χ0v) is 15.3. The normalized spacial score (nSPS) is 16.3. The van der Waals surface area contributed by atoms with Gasteiger partial charge in [0.25, 0.3) is 0 Å². The third kappa shape index (κ3) is 5.55. The van der Waals surface area contributed by atoms with Gasteiger partial charge in [-0.15, -0.1) is 12.4 Å². The summed E-state index contributed by atoms with van der Waals surface area (Å²) in [6, 6.07) is 3.08. The van der Waals surface area contributed by atoms with E-state index in [1.807, 2.05) is 0 Å². The summed E-state index contributed by atoms with van der Waals surface area (Å²) in [4.78, 5) is 12.1. The fourth-order valence-electron chi connectivity index (χ4n) is 2.12. The number of carbonyl (C=O) groups excluding carboxylic acids is 1. The number of hydrogen-bond acceptors (Lipinski definition) is 4. The molecule has 2 rings (SSSR count). The molecule has 0 unspecified atom stereocenters. The molecule has 1 aliphatic heterocycles. The van der Waals surface area contributed by atoms with Gasteiger partial charge in [0, 0.05) is 18.2 Å². The quantitative estimate of drug-likeness (QED) is 0.741. The minimum atomic E-state index is -0.867. The molecule has 0 saturated carbocycles. The lowest BCUT2D eigenvalue weighted by Gasteiger charge is -2.31. The average Bonchev–Trinajstić information content (AvgIpc) is 2.46. The van der Waals surface area contributed by atoms with Gasteiger partial charge in [0.1, 0.15) is 6.61 Å². The fourth-order valence-corrected chi connectivity index (χ4v) is 3.05. The monoisotopic (exact) mass is 402 g/mol. The minimum Gasteiger partial charge on any atom is -0.489 e. The molecule has 0 spiro atoms. The van der Waals surface area contributed by atoms with Crippen LogP contribution >= 0.6 is 47.2 Å². The molecule has 1 fully saturated rings. The number of halogens is 4. The van der Waals surface area contributed by atoms with Crippen LogP contribution < -0.4 is 15.8 Å². The predicted octanol–water partition coefficient (Wildman–Crippen LogP) is 3.07. The van der Waals surface area contributed by atoms with Crippen molar-refractivity contribution in [3.8, 4) is 5.75 Å². The van der Waals surface area contributed by atoms with E-state index in [1.165, 1.54) is 0 Å². The molecule has 0 bridgehead atoms. The van der Waals surface area contributed by atoms with E-state index >= 15 is 0 Å². The second kappa shape index (κ2) is 9.16. The minimum absolute atomic E-state index is 0. The van der Waals surface area contributed by atoms with E-state index in [-0.39, 0.29) is 24.9 Å². The highest BCUT2D eigenvalue weighted by molar-refractivity contribution is 6.40. The molecular weight excluding hydrogens is 386 g/mol. The first kappa shape index (κ1) is 20.6. The second-order valence-corrected chi connectivity index (χ2v) is 6.32. The standard InChI is InChI=1S/C14H17Cl3N2O3.ClH/c15-9-7-10(16)12(11(17)8-9)22-6-3-19-13(20)14(18)1-4-21-5-2-14;/h7-8H,1-6,18H2,(H,19,20);1H. The summed E-state index contributed by atoms with van der Waals surface area (Å²) in [6.07, 6.45) is 1.02. The Balaban J connectivity index is 0.00000264. The van der Waals surface area contributed by atoms with Crippen LogP contribution in [0.25, 0.3) is 0 Å². The Labute approximate surface area is 156 Å². The maximum atomic E-state index is 12.1. The molecule has 5 nitrogen and oxygen atoms in total. The topological polar surface area (TPSA) is 73.6 Å². The van der Waals surface area contributed by atoms with Gasteiger partial charge in [0.15, 0.2) is 5.75 Å². The molecule has 0 radical (unpaired) electrons. The molecule has 0 aliphatic carbocycles. The van der Waals surface area contributed by atoms with Crippen LogP contribution in [-0.2, 0) is 9.53 Å². The van der Waals surface area contributed by atoms with Crippen LogP contribution in [0, 0.1) is 0 Å². The number of carbonyl (C=O) groups is 1. The summed E-state index contributed by atoms with van der Waals surface area (Å²) >= 11 is 17.8. The van der Waals surface area contributed by atoms with Crippen molar-refractivity contribution in [2.45, 2.75) is 18.4 Å². The Morgan fingerprint density at radius 1 is 1.26 bits per heavy atom. The zero-order valence-electron chi connectivity index (χ0n) is 12.2. The first-order valence-electron chi connectivity index (χ1n) is 6.85. The van der Waals surface area contributed by atoms with Gasteiger partial charge in [-0.1, -0.05) is 34.8 Å². The van der Waals surface area contributed by atoms with Gasteiger partial charge in [-0.25, -0.2) is 0 Å². The van der Waals surface area contributed by atoms with E-state index < -0.39 is 5.54 Å². The molecule has 1 heterocycles. The Bertz CT molecular complexity index is 528. The van der Waals surface area contributed by atoms with Crippen LogP contribution in [-0.4, -0.2) is 37.8 Å². The maximum Gasteiger partial charge on any atom is 0.240 e. The molecule has 23 heavy (non-hydrogen) atoms. The van der Waals surface area contributed by atoms with Crippen molar-refractivity contribution in [1.29, 1.82) is 0 Å². The third-order valence-electron chi connectivity index (χ3n) is 3.43. The number of amides is 1. The smallest absolute Gasteiger partial charge is 0.240 e. The lowest BCUT2D eigenvalue weighted by Crippen LogP contribution is -2.57. The molecule has 1 aromatic rings. The molecular formula is C14H18Cl4N2O3. The van der Waals surface area contributed by atoms with E-state index in [4.69, 9.17) is 50.0 Å². The molecule has 1 aliphatic rings. The molecule has 1 amide bonds. The largest absolute Gasteiger partial charge is 0.489 e. The van der Waals surface area contributed by atoms with Crippen molar-refractivity contribution in [1.82, 2.24) is 5.32 Å². The first-order valence-corrected chi connectivity index (χ1v) is 7.98. The molecule has 0 atom stereocenters. The summed E-state index contributed by atoms with van der Waals surface area (Å²) in [5, 5.41) is 3.83. The average molecular weight is 404 g/mol. The van der Waals surface area contributed by atoms with Crippen LogP contribution in [0.1, 0.15) is 12.8 Å². The van der Waals surface area contributed by atoms with Crippen LogP contribution in [0.5, 0.6) is 5.75 Å².